The third-order valence-corrected chi connectivity index (χ3v) is 6.59. The summed E-state index contributed by atoms with van der Waals surface area (Å²) in [6, 6.07) is 17.1. The first-order valence-corrected chi connectivity index (χ1v) is 13.1. The van der Waals surface area contributed by atoms with E-state index in [-0.39, 0.29) is 16.4 Å². The molecule has 12 heteroatoms. The molecule has 34 heavy (non-hydrogen) atoms. The SMILES string of the molecule is Cc1cc(-c2cccc(Br)c2)c(S(C)(=O)=O)cc1C(=O)N=C(N)N.OB(O)c1cccc(Br)c1. The Hall–Kier alpha value is -2.51. The zero-order chi connectivity index (χ0) is 25.6. The number of aliphatic imine (C=N–C) groups is 1. The molecule has 6 N–H and O–H groups in total. The average Bonchev–Trinajstić information content (AvgIpc) is 2.72. The molecule has 0 unspecified atom stereocenters. The van der Waals surface area contributed by atoms with Crippen LogP contribution < -0.4 is 16.9 Å². The van der Waals surface area contributed by atoms with Crippen LogP contribution in [0, 0.1) is 6.92 Å². The lowest BCUT2D eigenvalue weighted by molar-refractivity contribution is 0.100. The first-order valence-electron chi connectivity index (χ1n) is 9.65. The van der Waals surface area contributed by atoms with E-state index in [0.717, 1.165) is 15.2 Å². The predicted molar refractivity (Wildman–Crippen MR) is 142 cm³/mol. The minimum absolute atomic E-state index is 0.0420. The molecule has 3 rings (SSSR count). The molecular weight excluding hydrogens is 589 g/mol. The van der Waals surface area contributed by atoms with Gasteiger partial charge in [0.15, 0.2) is 15.8 Å². The van der Waals surface area contributed by atoms with Crippen molar-refractivity contribution in [3.63, 3.8) is 0 Å². The van der Waals surface area contributed by atoms with E-state index in [2.05, 4.69) is 36.9 Å². The first kappa shape index (κ1) is 27.7. The smallest absolute Gasteiger partial charge is 0.423 e. The highest BCUT2D eigenvalue weighted by molar-refractivity contribution is 9.10. The number of benzene rings is 3. The van der Waals surface area contributed by atoms with E-state index in [4.69, 9.17) is 21.5 Å². The number of guanidine groups is 1. The number of amides is 1. The third-order valence-electron chi connectivity index (χ3n) is 4.47. The molecule has 0 aliphatic carbocycles. The van der Waals surface area contributed by atoms with Crippen LogP contribution in [0.2, 0.25) is 0 Å². The minimum Gasteiger partial charge on any atom is -0.423 e. The van der Waals surface area contributed by atoms with Crippen LogP contribution in [0.5, 0.6) is 0 Å². The Morgan fingerprint density at radius 1 is 0.971 bits per heavy atom. The van der Waals surface area contributed by atoms with Gasteiger partial charge in [0.05, 0.1) is 4.90 Å². The monoisotopic (exact) mass is 609 g/mol. The van der Waals surface area contributed by atoms with Gasteiger partial charge in [0, 0.05) is 26.3 Å². The van der Waals surface area contributed by atoms with Crippen LogP contribution in [0.3, 0.4) is 0 Å². The molecule has 0 radical (unpaired) electrons. The molecule has 0 saturated heterocycles. The van der Waals surface area contributed by atoms with Crippen molar-refractivity contribution in [2.24, 2.45) is 16.5 Å². The Labute approximate surface area is 215 Å². The van der Waals surface area contributed by atoms with Gasteiger partial charge in [-0.3, -0.25) is 4.79 Å². The largest absolute Gasteiger partial charge is 0.488 e. The third kappa shape index (κ3) is 7.78. The van der Waals surface area contributed by atoms with E-state index in [1.807, 2.05) is 12.1 Å². The van der Waals surface area contributed by atoms with E-state index in [1.54, 1.807) is 49.4 Å². The van der Waals surface area contributed by atoms with E-state index >= 15 is 0 Å². The molecule has 0 aliphatic rings. The predicted octanol–water partition coefficient (Wildman–Crippen LogP) is 2.37. The van der Waals surface area contributed by atoms with E-state index < -0.39 is 22.9 Å². The maximum absolute atomic E-state index is 12.2. The van der Waals surface area contributed by atoms with Crippen LogP contribution in [-0.4, -0.2) is 43.7 Å². The van der Waals surface area contributed by atoms with Gasteiger partial charge in [0.25, 0.3) is 5.91 Å². The lowest BCUT2D eigenvalue weighted by Crippen LogP contribution is -2.29. The highest BCUT2D eigenvalue weighted by atomic mass is 79.9. The van der Waals surface area contributed by atoms with Gasteiger partial charge in [-0.15, -0.1) is 0 Å². The molecule has 178 valence electrons. The van der Waals surface area contributed by atoms with Crippen LogP contribution in [0.25, 0.3) is 11.1 Å². The van der Waals surface area contributed by atoms with Crippen LogP contribution >= 0.6 is 31.9 Å². The number of carbonyl (C=O) groups excluding carboxylic acids is 1. The zero-order valence-electron chi connectivity index (χ0n) is 18.2. The summed E-state index contributed by atoms with van der Waals surface area (Å²) >= 11 is 6.58. The van der Waals surface area contributed by atoms with Crippen molar-refractivity contribution in [1.29, 1.82) is 0 Å². The second-order valence-electron chi connectivity index (χ2n) is 7.22. The second kappa shape index (κ2) is 11.8. The zero-order valence-corrected chi connectivity index (χ0v) is 22.2. The van der Waals surface area contributed by atoms with Gasteiger partial charge >= 0.3 is 7.12 Å². The Bertz CT molecular complexity index is 1340. The summed E-state index contributed by atoms with van der Waals surface area (Å²) in [5.41, 5.74) is 12.9. The number of hydrogen-bond donors (Lipinski definition) is 4. The minimum atomic E-state index is -3.57. The summed E-state index contributed by atoms with van der Waals surface area (Å²) in [7, 11) is -4.95. The van der Waals surface area contributed by atoms with Crippen molar-refractivity contribution in [2.45, 2.75) is 11.8 Å². The Kier molecular flexibility index (Phi) is 9.59. The molecule has 0 aromatic heterocycles. The Balaban J connectivity index is 0.000000340. The molecule has 0 fully saturated rings. The van der Waals surface area contributed by atoms with Crippen molar-refractivity contribution >= 4 is 66.1 Å². The lowest BCUT2D eigenvalue weighted by atomic mass is 9.81. The molecule has 1 amide bonds. The van der Waals surface area contributed by atoms with Crippen LogP contribution in [0.1, 0.15) is 15.9 Å². The molecular formula is C22H22BBr2N3O5S. The highest BCUT2D eigenvalue weighted by Gasteiger charge is 2.20. The first-order chi connectivity index (χ1) is 15.8. The number of sulfone groups is 1. The van der Waals surface area contributed by atoms with Gasteiger partial charge in [-0.1, -0.05) is 56.1 Å². The van der Waals surface area contributed by atoms with Crippen LogP contribution in [0.15, 0.2) is 79.5 Å². The Morgan fingerprint density at radius 3 is 2.03 bits per heavy atom. The van der Waals surface area contributed by atoms with Gasteiger partial charge in [-0.05, 0) is 59.9 Å². The molecule has 3 aromatic carbocycles. The number of hydrogen-bond acceptors (Lipinski definition) is 5. The maximum Gasteiger partial charge on any atom is 0.488 e. The maximum atomic E-state index is 12.2. The van der Waals surface area contributed by atoms with Gasteiger partial charge < -0.3 is 21.5 Å². The van der Waals surface area contributed by atoms with Gasteiger partial charge in [-0.25, -0.2) is 8.42 Å². The molecule has 0 atom stereocenters. The summed E-state index contributed by atoms with van der Waals surface area (Å²) in [6.45, 7) is 1.70. The van der Waals surface area contributed by atoms with E-state index in [9.17, 15) is 13.2 Å². The Morgan fingerprint density at radius 2 is 1.56 bits per heavy atom. The van der Waals surface area contributed by atoms with E-state index in [0.29, 0.717) is 22.2 Å². The number of aryl methyl sites for hydroxylation is 1. The van der Waals surface area contributed by atoms with Crippen molar-refractivity contribution in [1.82, 2.24) is 0 Å². The van der Waals surface area contributed by atoms with E-state index in [1.165, 1.54) is 6.07 Å². The number of nitrogens with zero attached hydrogens (tertiary/aromatic N) is 1. The summed E-state index contributed by atoms with van der Waals surface area (Å²) in [6.07, 6.45) is 1.09. The fourth-order valence-corrected chi connectivity index (χ4v) is 4.68. The number of carbonyl (C=O) groups is 1. The topological polar surface area (TPSA) is 156 Å². The van der Waals surface area contributed by atoms with Gasteiger partial charge in [0.1, 0.15) is 0 Å². The molecule has 0 heterocycles. The molecule has 0 bridgehead atoms. The second-order valence-corrected chi connectivity index (χ2v) is 11.0. The van der Waals surface area contributed by atoms with Crippen molar-refractivity contribution < 1.29 is 23.3 Å². The number of rotatable bonds is 4. The highest BCUT2D eigenvalue weighted by Crippen LogP contribution is 2.32. The molecule has 0 aliphatic heterocycles. The normalized spacial score (nSPS) is 10.6. The molecule has 3 aromatic rings. The van der Waals surface area contributed by atoms with Crippen LogP contribution in [-0.2, 0) is 9.84 Å². The molecule has 0 spiro atoms. The number of halogens is 2. The van der Waals surface area contributed by atoms with Crippen molar-refractivity contribution in [3.8, 4) is 11.1 Å². The van der Waals surface area contributed by atoms with Gasteiger partial charge in [0.2, 0.25) is 0 Å². The fraction of sp³-hybridized carbons (Fsp3) is 0.0909. The summed E-state index contributed by atoms with van der Waals surface area (Å²) in [5, 5.41) is 17.4. The quantitative estimate of drug-likeness (QED) is 0.201. The van der Waals surface area contributed by atoms with Crippen molar-refractivity contribution in [3.05, 3.63) is 80.7 Å². The van der Waals surface area contributed by atoms with Crippen LogP contribution in [0.4, 0.5) is 0 Å². The fourth-order valence-electron chi connectivity index (χ4n) is 2.95. The molecule has 8 nitrogen and oxygen atoms in total. The number of nitrogens with two attached hydrogens (primary N) is 2. The van der Waals surface area contributed by atoms with Crippen molar-refractivity contribution in [2.75, 3.05) is 6.26 Å². The summed E-state index contributed by atoms with van der Waals surface area (Å²) in [4.78, 5) is 15.6. The summed E-state index contributed by atoms with van der Waals surface area (Å²) < 4.78 is 26.1. The molecule has 0 saturated carbocycles. The van der Waals surface area contributed by atoms with Gasteiger partial charge in [-0.2, -0.15) is 4.99 Å². The average molecular weight is 611 g/mol. The summed E-state index contributed by atoms with van der Waals surface area (Å²) in [5.74, 6) is -1.06. The standard InChI is InChI=1S/C16H16BrN3O3S.C6H6BBrO2/c1-9-6-13(10-4-3-5-11(17)7-10)14(24(2,22)23)8-12(9)15(21)20-16(18)19;8-6-3-1-2-5(4-6)7(9)10/h3-8H,1-2H3,(H4,18,19,20,21);1-4,9-10H. The lowest BCUT2D eigenvalue weighted by Gasteiger charge is -2.13.